The van der Waals surface area contributed by atoms with E-state index in [1.807, 2.05) is 29.2 Å². The zero-order chi connectivity index (χ0) is 17.1. The predicted molar refractivity (Wildman–Crippen MR) is 90.1 cm³/mol. The molecule has 0 saturated carbocycles. The highest BCUT2D eigenvalue weighted by molar-refractivity contribution is 5.89. The summed E-state index contributed by atoms with van der Waals surface area (Å²) in [7, 11) is 0. The summed E-state index contributed by atoms with van der Waals surface area (Å²) in [6.45, 7) is 0.703. The van der Waals surface area contributed by atoms with E-state index in [2.05, 4.69) is 30.8 Å². The maximum absolute atomic E-state index is 12.7. The van der Waals surface area contributed by atoms with Crippen LogP contribution in [0.1, 0.15) is 31.1 Å². The van der Waals surface area contributed by atoms with Crippen molar-refractivity contribution in [1.82, 2.24) is 35.1 Å². The molecule has 1 fully saturated rings. The number of urea groups is 1. The fourth-order valence-corrected chi connectivity index (χ4v) is 3.07. The fourth-order valence-electron chi connectivity index (χ4n) is 3.07. The third-order valence-electron chi connectivity index (χ3n) is 4.32. The first kappa shape index (κ1) is 15.3. The third-order valence-corrected chi connectivity index (χ3v) is 4.32. The molecule has 1 unspecified atom stereocenters. The normalized spacial score (nSPS) is 17.4. The molecule has 0 spiro atoms. The van der Waals surface area contributed by atoms with E-state index in [-0.39, 0.29) is 12.1 Å². The molecule has 1 saturated heterocycles. The number of hydrogen-bond acceptors (Lipinski definition) is 5. The lowest BCUT2D eigenvalue weighted by molar-refractivity contribution is 0.159. The first-order valence-electron chi connectivity index (χ1n) is 8.21. The summed E-state index contributed by atoms with van der Waals surface area (Å²) in [6, 6.07) is 7.27. The van der Waals surface area contributed by atoms with Crippen LogP contribution in [0.3, 0.4) is 0 Å². The molecule has 2 N–H and O–H groups in total. The van der Waals surface area contributed by atoms with Gasteiger partial charge in [-0.05, 0) is 43.5 Å². The van der Waals surface area contributed by atoms with Crippen molar-refractivity contribution < 1.29 is 4.79 Å². The zero-order valence-corrected chi connectivity index (χ0v) is 13.5. The number of benzene rings is 1. The van der Waals surface area contributed by atoms with Crippen LogP contribution in [0, 0.1) is 0 Å². The highest BCUT2D eigenvalue weighted by atomic mass is 16.2. The molecule has 1 atom stereocenters. The van der Waals surface area contributed by atoms with Crippen molar-refractivity contribution in [3.63, 3.8) is 0 Å². The van der Waals surface area contributed by atoms with Crippen molar-refractivity contribution in [3.8, 4) is 5.69 Å². The average Bonchev–Trinajstić information content (AvgIpc) is 3.36. The summed E-state index contributed by atoms with van der Waals surface area (Å²) in [5.74, 6) is 0.733. The maximum Gasteiger partial charge on any atom is 0.322 e. The van der Waals surface area contributed by atoms with Crippen molar-refractivity contribution in [2.45, 2.75) is 25.3 Å². The van der Waals surface area contributed by atoms with Crippen molar-refractivity contribution in [3.05, 3.63) is 48.8 Å². The summed E-state index contributed by atoms with van der Waals surface area (Å²) in [5, 5.41) is 17.5. The number of nitrogens with one attached hydrogen (secondary N) is 2. The number of aromatic amines is 1. The van der Waals surface area contributed by atoms with Gasteiger partial charge in [0.25, 0.3) is 0 Å². The van der Waals surface area contributed by atoms with Crippen LogP contribution in [0.4, 0.5) is 10.5 Å². The second-order valence-corrected chi connectivity index (χ2v) is 5.90. The van der Waals surface area contributed by atoms with Crippen LogP contribution in [0.25, 0.3) is 5.69 Å². The molecule has 3 aromatic rings. The summed E-state index contributed by atoms with van der Waals surface area (Å²) < 4.78 is 1.66. The van der Waals surface area contributed by atoms with Crippen LogP contribution in [-0.2, 0) is 0 Å². The second kappa shape index (κ2) is 6.71. The van der Waals surface area contributed by atoms with Gasteiger partial charge in [0.1, 0.15) is 12.2 Å². The van der Waals surface area contributed by atoms with Gasteiger partial charge in [0, 0.05) is 12.2 Å². The number of aromatic nitrogens is 6. The van der Waals surface area contributed by atoms with Gasteiger partial charge in [-0.15, -0.1) is 5.10 Å². The molecule has 0 bridgehead atoms. The molecule has 2 aromatic heterocycles. The van der Waals surface area contributed by atoms with E-state index in [4.69, 9.17) is 0 Å². The standard InChI is InChI=1S/C16H18N8O/c25-16(23-9-2-1-3-14(23)15-17-11-19-21-15)20-12-4-6-13(7-5-12)24-10-8-18-22-24/h4-8,10-11,14H,1-3,9H2,(H,20,25)(H,17,19,21). The van der Waals surface area contributed by atoms with E-state index in [1.165, 1.54) is 6.33 Å². The molecule has 3 heterocycles. The molecule has 1 aliphatic heterocycles. The van der Waals surface area contributed by atoms with Gasteiger partial charge in [0.2, 0.25) is 0 Å². The Morgan fingerprint density at radius 3 is 2.84 bits per heavy atom. The van der Waals surface area contributed by atoms with Crippen LogP contribution < -0.4 is 5.32 Å². The lowest BCUT2D eigenvalue weighted by Crippen LogP contribution is -2.41. The van der Waals surface area contributed by atoms with Crippen LogP contribution in [0.2, 0.25) is 0 Å². The van der Waals surface area contributed by atoms with E-state index in [9.17, 15) is 4.79 Å². The lowest BCUT2D eigenvalue weighted by Gasteiger charge is -2.34. The Hall–Kier alpha value is -3.23. The predicted octanol–water partition coefficient (Wildman–Crippen LogP) is 2.14. The first-order valence-corrected chi connectivity index (χ1v) is 8.21. The average molecular weight is 338 g/mol. The first-order chi connectivity index (χ1) is 12.3. The quantitative estimate of drug-likeness (QED) is 0.761. The molecular weight excluding hydrogens is 320 g/mol. The SMILES string of the molecule is O=C(Nc1ccc(-n2ccnn2)cc1)N1CCCCC1c1ncn[nH]1. The smallest absolute Gasteiger partial charge is 0.314 e. The number of nitrogens with zero attached hydrogens (tertiary/aromatic N) is 6. The Morgan fingerprint density at radius 2 is 2.12 bits per heavy atom. The van der Waals surface area contributed by atoms with E-state index in [0.29, 0.717) is 6.54 Å². The molecule has 0 aliphatic carbocycles. The van der Waals surface area contributed by atoms with Crippen LogP contribution in [0.15, 0.2) is 43.0 Å². The van der Waals surface area contributed by atoms with Gasteiger partial charge in [0.05, 0.1) is 24.1 Å². The molecule has 0 radical (unpaired) electrons. The maximum atomic E-state index is 12.7. The number of rotatable bonds is 3. The minimum Gasteiger partial charge on any atom is -0.314 e. The van der Waals surface area contributed by atoms with Gasteiger partial charge in [-0.3, -0.25) is 5.10 Å². The minimum atomic E-state index is -0.130. The molecule has 4 rings (SSSR count). The van der Waals surface area contributed by atoms with Gasteiger partial charge < -0.3 is 10.2 Å². The van der Waals surface area contributed by atoms with Gasteiger partial charge >= 0.3 is 6.03 Å². The number of H-pyrrole nitrogens is 1. The highest BCUT2D eigenvalue weighted by Gasteiger charge is 2.29. The Labute approximate surface area is 144 Å². The summed E-state index contributed by atoms with van der Waals surface area (Å²) >= 11 is 0. The zero-order valence-electron chi connectivity index (χ0n) is 13.5. The van der Waals surface area contributed by atoms with Gasteiger partial charge in [-0.2, -0.15) is 5.10 Å². The van der Waals surface area contributed by atoms with Gasteiger partial charge in [-0.1, -0.05) is 5.21 Å². The Bertz CT molecular complexity index is 812. The Balaban J connectivity index is 1.47. The third kappa shape index (κ3) is 3.21. The van der Waals surface area contributed by atoms with Crippen LogP contribution in [-0.4, -0.2) is 47.7 Å². The molecule has 128 valence electrons. The van der Waals surface area contributed by atoms with Gasteiger partial charge in [-0.25, -0.2) is 14.5 Å². The van der Waals surface area contributed by atoms with Crippen molar-refractivity contribution >= 4 is 11.7 Å². The molecule has 2 amide bonds. The summed E-state index contributed by atoms with van der Waals surface area (Å²) in [6.07, 6.45) is 7.81. The van der Waals surface area contributed by atoms with Crippen molar-refractivity contribution in [1.29, 1.82) is 0 Å². The number of amides is 2. The molecule has 9 nitrogen and oxygen atoms in total. The van der Waals surface area contributed by atoms with E-state index in [1.54, 1.807) is 17.1 Å². The second-order valence-electron chi connectivity index (χ2n) is 5.90. The number of carbonyl (C=O) groups is 1. The topological polar surface area (TPSA) is 105 Å². The number of piperidine rings is 1. The molecule has 25 heavy (non-hydrogen) atoms. The Kier molecular flexibility index (Phi) is 4.11. The Morgan fingerprint density at radius 1 is 1.24 bits per heavy atom. The number of carbonyl (C=O) groups excluding carboxylic acids is 1. The van der Waals surface area contributed by atoms with Crippen molar-refractivity contribution in [2.24, 2.45) is 0 Å². The van der Waals surface area contributed by atoms with E-state index in [0.717, 1.165) is 36.5 Å². The molecule has 1 aliphatic rings. The number of hydrogen-bond donors (Lipinski definition) is 2. The van der Waals surface area contributed by atoms with Gasteiger partial charge in [0.15, 0.2) is 0 Å². The number of anilines is 1. The highest BCUT2D eigenvalue weighted by Crippen LogP contribution is 2.29. The molecular formula is C16H18N8O. The van der Waals surface area contributed by atoms with E-state index < -0.39 is 0 Å². The summed E-state index contributed by atoms with van der Waals surface area (Å²) in [4.78, 5) is 18.7. The fraction of sp³-hybridized carbons (Fsp3) is 0.312. The molecule has 1 aromatic carbocycles. The number of likely N-dealkylation sites (tertiary alicyclic amines) is 1. The minimum absolute atomic E-state index is 0.0642. The largest absolute Gasteiger partial charge is 0.322 e. The lowest BCUT2D eigenvalue weighted by atomic mass is 10.0. The molecule has 9 heteroatoms. The van der Waals surface area contributed by atoms with Crippen LogP contribution >= 0.6 is 0 Å². The summed E-state index contributed by atoms with van der Waals surface area (Å²) in [5.41, 5.74) is 1.61. The van der Waals surface area contributed by atoms with E-state index >= 15 is 0 Å². The monoisotopic (exact) mass is 338 g/mol. The van der Waals surface area contributed by atoms with Crippen LogP contribution in [0.5, 0.6) is 0 Å². The van der Waals surface area contributed by atoms with Crippen molar-refractivity contribution in [2.75, 3.05) is 11.9 Å².